The summed E-state index contributed by atoms with van der Waals surface area (Å²) in [5.74, 6) is 1.74. The summed E-state index contributed by atoms with van der Waals surface area (Å²) in [5.41, 5.74) is 17.3. The summed E-state index contributed by atoms with van der Waals surface area (Å²) in [6.07, 6.45) is 0. The minimum Gasteiger partial charge on any atom is -0.309 e. The summed E-state index contributed by atoms with van der Waals surface area (Å²) in [4.78, 5) is 16.1. The van der Waals surface area contributed by atoms with Crippen molar-refractivity contribution in [1.29, 1.82) is 0 Å². The Morgan fingerprint density at radius 1 is 0.240 bits per heavy atom. The molecule has 15 rings (SSSR count). The summed E-state index contributed by atoms with van der Waals surface area (Å²) in [6.45, 7) is 0. The summed E-state index contributed by atoms with van der Waals surface area (Å²) in [6, 6.07) is 95.4. The van der Waals surface area contributed by atoms with E-state index in [1.165, 1.54) is 16.3 Å². The molecule has 350 valence electrons. The number of benzene rings is 11. The third-order valence-electron chi connectivity index (χ3n) is 14.9. The number of aromatic nitrogens is 6. The monoisotopic (exact) mass is 956 g/mol. The number of hydrogen-bond acceptors (Lipinski definition) is 3. The van der Waals surface area contributed by atoms with Crippen molar-refractivity contribution in [3.63, 3.8) is 0 Å². The molecule has 0 aliphatic carbocycles. The molecule has 0 saturated carbocycles. The Morgan fingerprint density at radius 3 is 1.27 bits per heavy atom. The Hall–Kier alpha value is -10.2. The Morgan fingerprint density at radius 2 is 0.653 bits per heavy atom. The predicted molar refractivity (Wildman–Crippen MR) is 310 cm³/mol. The fourth-order valence-electron chi connectivity index (χ4n) is 11.5. The van der Waals surface area contributed by atoms with Gasteiger partial charge in [0.25, 0.3) is 0 Å². The summed E-state index contributed by atoms with van der Waals surface area (Å²) >= 11 is 0. The van der Waals surface area contributed by atoms with E-state index in [0.717, 1.165) is 105 Å². The van der Waals surface area contributed by atoms with Gasteiger partial charge in [0.2, 0.25) is 5.95 Å². The van der Waals surface area contributed by atoms with Crippen molar-refractivity contribution in [3.8, 4) is 73.5 Å². The van der Waals surface area contributed by atoms with Crippen LogP contribution >= 0.6 is 0 Å². The van der Waals surface area contributed by atoms with Crippen molar-refractivity contribution in [1.82, 2.24) is 28.7 Å². The highest BCUT2D eigenvalue weighted by Gasteiger charge is 2.25. The lowest BCUT2D eigenvalue weighted by Gasteiger charge is -2.18. The molecule has 0 bridgehead atoms. The van der Waals surface area contributed by atoms with Gasteiger partial charge >= 0.3 is 0 Å². The largest absolute Gasteiger partial charge is 0.309 e. The van der Waals surface area contributed by atoms with Crippen LogP contribution in [0.15, 0.2) is 267 Å². The van der Waals surface area contributed by atoms with E-state index >= 15 is 0 Å². The molecule has 0 aliphatic heterocycles. The molecule has 0 saturated heterocycles. The minimum atomic E-state index is 0.542. The fraction of sp³-hybridized carbons (Fsp3) is 0. The lowest BCUT2D eigenvalue weighted by Crippen LogP contribution is -2.07. The van der Waals surface area contributed by atoms with Crippen LogP contribution in [-0.4, -0.2) is 28.7 Å². The number of rotatable bonds is 8. The normalized spacial score (nSPS) is 11.7. The summed E-state index contributed by atoms with van der Waals surface area (Å²) < 4.78 is 7.17. The highest BCUT2D eigenvalue weighted by atomic mass is 15.2. The molecule has 0 atom stereocenters. The maximum Gasteiger partial charge on any atom is 0.238 e. The molecule has 75 heavy (non-hydrogen) atoms. The first-order valence-electron chi connectivity index (χ1n) is 25.4. The molecule has 6 nitrogen and oxygen atoms in total. The first-order valence-corrected chi connectivity index (χ1v) is 25.4. The van der Waals surface area contributed by atoms with Crippen LogP contribution in [-0.2, 0) is 0 Å². The van der Waals surface area contributed by atoms with Crippen molar-refractivity contribution in [2.75, 3.05) is 0 Å². The van der Waals surface area contributed by atoms with Crippen LogP contribution in [0, 0.1) is 0 Å². The molecule has 0 radical (unpaired) electrons. The van der Waals surface area contributed by atoms with Gasteiger partial charge in [-0.15, -0.1) is 0 Å². The quantitative estimate of drug-likeness (QED) is 0.152. The second-order valence-electron chi connectivity index (χ2n) is 19.2. The molecule has 0 amide bonds. The molecule has 4 aromatic heterocycles. The summed E-state index contributed by atoms with van der Waals surface area (Å²) in [7, 11) is 0. The smallest absolute Gasteiger partial charge is 0.238 e. The van der Waals surface area contributed by atoms with E-state index in [1.54, 1.807) is 0 Å². The van der Waals surface area contributed by atoms with Crippen molar-refractivity contribution in [2.24, 2.45) is 0 Å². The van der Waals surface area contributed by atoms with Crippen LogP contribution in [0.2, 0.25) is 0 Å². The molecule has 4 heterocycles. The zero-order valence-electron chi connectivity index (χ0n) is 40.6. The summed E-state index contributed by atoms with van der Waals surface area (Å²) in [5, 5.41) is 6.91. The van der Waals surface area contributed by atoms with Gasteiger partial charge in [0.15, 0.2) is 11.6 Å². The number of hydrogen-bond donors (Lipinski definition) is 0. The topological polar surface area (TPSA) is 53.5 Å². The van der Waals surface area contributed by atoms with Crippen LogP contribution in [0.3, 0.4) is 0 Å². The zero-order valence-corrected chi connectivity index (χ0v) is 40.6. The van der Waals surface area contributed by atoms with E-state index < -0.39 is 0 Å². The molecule has 15 aromatic rings. The van der Waals surface area contributed by atoms with Crippen molar-refractivity contribution in [2.45, 2.75) is 0 Å². The molecule has 0 fully saturated rings. The standard InChI is InChI=1S/C69H44N6/c1-5-19-45(20-6-1)47-33-35-49(36-34-47)68-70-67(48-23-9-3-10-24-48)71-69(72-68)75-62-32-18-14-28-55(62)58-41-40-57-54-27-13-17-31-61(54)74(65(57)66(58)75)64-44-50(46-21-7-2-8-22-46)37-39-53(64)51-38-42-63-59(43-51)56-29-15-16-30-60(56)73(63)52-25-11-4-12-26-52/h1-44H. The average Bonchev–Trinajstić information content (AvgIpc) is 4.14. The lowest BCUT2D eigenvalue weighted by molar-refractivity contribution is 0.953. The van der Waals surface area contributed by atoms with Gasteiger partial charge in [-0.25, -0.2) is 4.98 Å². The maximum absolute atomic E-state index is 5.46. The second-order valence-corrected chi connectivity index (χ2v) is 19.2. The predicted octanol–water partition coefficient (Wildman–Crippen LogP) is 17.5. The van der Waals surface area contributed by atoms with E-state index in [9.17, 15) is 0 Å². The van der Waals surface area contributed by atoms with Crippen molar-refractivity contribution >= 4 is 65.4 Å². The first kappa shape index (κ1) is 42.5. The van der Waals surface area contributed by atoms with Crippen molar-refractivity contribution in [3.05, 3.63) is 267 Å². The van der Waals surface area contributed by atoms with E-state index in [0.29, 0.717) is 17.6 Å². The highest BCUT2D eigenvalue weighted by Crippen LogP contribution is 2.45. The van der Waals surface area contributed by atoms with E-state index in [4.69, 9.17) is 15.0 Å². The molecule has 11 aromatic carbocycles. The average molecular weight is 957 g/mol. The molecule has 0 spiro atoms. The van der Waals surface area contributed by atoms with E-state index in [2.05, 4.69) is 256 Å². The fourth-order valence-corrected chi connectivity index (χ4v) is 11.5. The third kappa shape index (κ3) is 6.92. The Kier molecular flexibility index (Phi) is 9.78. The van der Waals surface area contributed by atoms with Crippen molar-refractivity contribution < 1.29 is 0 Å². The molecule has 0 aliphatic rings. The third-order valence-corrected chi connectivity index (χ3v) is 14.9. The SMILES string of the molecule is c1ccc(-c2ccc(-c3nc(-c4ccccc4)nc(-n4c5ccccc5c5ccc6c7ccccc7n(-c7cc(-c8ccccc8)ccc7-c7ccc8c(c7)c7ccccc7n8-c7ccccc7)c6c54)n3)cc2)cc1. The maximum atomic E-state index is 5.46. The molecule has 6 heteroatoms. The van der Waals surface area contributed by atoms with Crippen LogP contribution in [0.4, 0.5) is 0 Å². The van der Waals surface area contributed by atoms with Gasteiger partial charge in [-0.05, 0) is 76.3 Å². The Balaban J connectivity index is 1.03. The zero-order chi connectivity index (χ0) is 49.4. The molecular weight excluding hydrogens is 913 g/mol. The van der Waals surface area contributed by atoms with Gasteiger partial charge in [0.1, 0.15) is 0 Å². The molecule has 0 unspecified atom stereocenters. The Bertz CT molecular complexity index is 4670. The first-order chi connectivity index (χ1) is 37.2. The number of fused-ring (bicyclic) bond motifs is 10. The van der Waals surface area contributed by atoms with Gasteiger partial charge in [-0.1, -0.05) is 218 Å². The van der Waals surface area contributed by atoms with Crippen LogP contribution < -0.4 is 0 Å². The van der Waals surface area contributed by atoms with Gasteiger partial charge in [-0.2, -0.15) is 9.97 Å². The van der Waals surface area contributed by atoms with Gasteiger partial charge in [0.05, 0.1) is 38.8 Å². The second kappa shape index (κ2) is 17.3. The number of nitrogens with zero attached hydrogens (tertiary/aromatic N) is 6. The Labute approximate surface area is 432 Å². The highest BCUT2D eigenvalue weighted by molar-refractivity contribution is 6.24. The van der Waals surface area contributed by atoms with E-state index in [1.807, 2.05) is 24.3 Å². The van der Waals surface area contributed by atoms with Crippen LogP contribution in [0.25, 0.3) is 139 Å². The molecule has 0 N–H and O–H groups in total. The lowest BCUT2D eigenvalue weighted by atomic mass is 9.96. The number of para-hydroxylation sites is 4. The van der Waals surface area contributed by atoms with Crippen LogP contribution in [0.1, 0.15) is 0 Å². The van der Waals surface area contributed by atoms with Gasteiger partial charge in [0, 0.05) is 54.7 Å². The van der Waals surface area contributed by atoms with Gasteiger partial charge < -0.3 is 9.13 Å². The van der Waals surface area contributed by atoms with E-state index in [-0.39, 0.29) is 0 Å². The van der Waals surface area contributed by atoms with Gasteiger partial charge in [-0.3, -0.25) is 4.57 Å². The minimum absolute atomic E-state index is 0.542. The van der Waals surface area contributed by atoms with Crippen LogP contribution in [0.5, 0.6) is 0 Å². The molecular formula is C69H44N6.